The number of carbonyl (C=O) groups excluding carboxylic acids is 1. The minimum absolute atomic E-state index is 0.0934. The highest BCUT2D eigenvalue weighted by Crippen LogP contribution is 2.15. The Morgan fingerprint density at radius 1 is 1.27 bits per heavy atom. The molecule has 1 aliphatic rings. The summed E-state index contributed by atoms with van der Waals surface area (Å²) in [6.07, 6.45) is 3.17. The number of carbonyl (C=O) groups is 1. The number of nitrogens with zero attached hydrogens (tertiary/aromatic N) is 4. The highest BCUT2D eigenvalue weighted by atomic mass is 16.2. The first kappa shape index (κ1) is 14.7. The van der Waals surface area contributed by atoms with E-state index in [0.29, 0.717) is 18.6 Å². The third-order valence-corrected chi connectivity index (χ3v) is 3.89. The molecule has 1 fully saturated rings. The molecule has 3 rings (SSSR count). The van der Waals surface area contributed by atoms with Crippen molar-refractivity contribution in [2.45, 2.75) is 32.5 Å². The number of amides is 1. The van der Waals surface area contributed by atoms with Gasteiger partial charge in [0.2, 0.25) is 0 Å². The van der Waals surface area contributed by atoms with E-state index in [1.165, 1.54) is 6.33 Å². The Balaban J connectivity index is 1.83. The summed E-state index contributed by atoms with van der Waals surface area (Å²) in [6, 6.07) is 8.36. The van der Waals surface area contributed by atoms with Gasteiger partial charge in [0.1, 0.15) is 12.7 Å². The molecule has 1 aliphatic heterocycles. The van der Waals surface area contributed by atoms with Crippen LogP contribution in [0.25, 0.3) is 0 Å². The second kappa shape index (κ2) is 6.27. The second-order valence-corrected chi connectivity index (χ2v) is 5.93. The maximum Gasteiger partial charge on any atom is 0.254 e. The van der Waals surface area contributed by atoms with Crippen LogP contribution < -0.4 is 5.32 Å². The average Bonchev–Trinajstić information content (AvgIpc) is 2.99. The minimum Gasteiger partial charge on any atom is -0.336 e. The van der Waals surface area contributed by atoms with Gasteiger partial charge in [0.15, 0.2) is 0 Å². The predicted octanol–water partition coefficient (Wildman–Crippen LogP) is 1.15. The van der Waals surface area contributed by atoms with Crippen molar-refractivity contribution in [3.63, 3.8) is 0 Å². The fraction of sp³-hybridized carbons (Fsp3) is 0.438. The zero-order chi connectivity index (χ0) is 15.5. The molecule has 0 saturated carbocycles. The highest BCUT2D eigenvalue weighted by molar-refractivity contribution is 5.95. The molecule has 2 heterocycles. The standard InChI is InChI=1S/C16H21N5O/c1-12-7-20(8-13(2)19-12)16(22)15-6-4-3-5-14(15)9-21-11-17-10-18-21/h3-6,10-13,19H,7-9H2,1-2H3/t12-,13-/m0/s1. The monoisotopic (exact) mass is 299 g/mol. The van der Waals surface area contributed by atoms with Crippen molar-refractivity contribution in [3.8, 4) is 0 Å². The van der Waals surface area contributed by atoms with Crippen LogP contribution in [0.5, 0.6) is 0 Å². The Bertz CT molecular complexity index is 630. The lowest BCUT2D eigenvalue weighted by Crippen LogP contribution is -2.55. The maximum atomic E-state index is 12.9. The van der Waals surface area contributed by atoms with Gasteiger partial charge in [-0.05, 0) is 25.5 Å². The Morgan fingerprint density at radius 3 is 2.68 bits per heavy atom. The fourth-order valence-corrected chi connectivity index (χ4v) is 3.02. The van der Waals surface area contributed by atoms with Crippen LogP contribution in [0.15, 0.2) is 36.9 Å². The summed E-state index contributed by atoms with van der Waals surface area (Å²) in [4.78, 5) is 18.8. The smallest absolute Gasteiger partial charge is 0.254 e. The summed E-state index contributed by atoms with van der Waals surface area (Å²) in [5.74, 6) is 0.0934. The van der Waals surface area contributed by atoms with Gasteiger partial charge in [0.25, 0.3) is 5.91 Å². The summed E-state index contributed by atoms with van der Waals surface area (Å²) in [6.45, 7) is 6.25. The molecule has 2 atom stereocenters. The number of nitrogens with one attached hydrogen (secondary N) is 1. The Labute approximate surface area is 130 Å². The maximum absolute atomic E-state index is 12.9. The van der Waals surface area contributed by atoms with Gasteiger partial charge < -0.3 is 10.2 Å². The summed E-state index contributed by atoms with van der Waals surface area (Å²) in [5.41, 5.74) is 1.72. The van der Waals surface area contributed by atoms with Crippen LogP contribution in [0, 0.1) is 0 Å². The van der Waals surface area contributed by atoms with Gasteiger partial charge in [-0.2, -0.15) is 5.10 Å². The van der Waals surface area contributed by atoms with Crippen LogP contribution in [-0.4, -0.2) is 50.7 Å². The zero-order valence-electron chi connectivity index (χ0n) is 12.9. The third kappa shape index (κ3) is 3.17. The molecule has 1 aromatic heterocycles. The summed E-state index contributed by atoms with van der Waals surface area (Å²) < 4.78 is 1.73. The highest BCUT2D eigenvalue weighted by Gasteiger charge is 2.26. The van der Waals surface area contributed by atoms with E-state index in [1.54, 1.807) is 11.0 Å². The van der Waals surface area contributed by atoms with Gasteiger partial charge in [0, 0.05) is 30.7 Å². The molecule has 0 spiro atoms. The molecule has 2 aromatic rings. The average molecular weight is 299 g/mol. The molecule has 1 aromatic carbocycles. The normalized spacial score (nSPS) is 21.8. The van der Waals surface area contributed by atoms with E-state index in [0.717, 1.165) is 24.2 Å². The van der Waals surface area contributed by atoms with Gasteiger partial charge in [-0.3, -0.25) is 4.79 Å². The van der Waals surface area contributed by atoms with Gasteiger partial charge in [-0.15, -0.1) is 0 Å². The lowest BCUT2D eigenvalue weighted by Gasteiger charge is -2.36. The number of rotatable bonds is 3. The van der Waals surface area contributed by atoms with Gasteiger partial charge in [-0.1, -0.05) is 18.2 Å². The predicted molar refractivity (Wildman–Crippen MR) is 83.5 cm³/mol. The molecule has 0 unspecified atom stereocenters. The van der Waals surface area contributed by atoms with E-state index in [9.17, 15) is 4.79 Å². The molecule has 1 amide bonds. The van der Waals surface area contributed by atoms with Gasteiger partial charge in [-0.25, -0.2) is 9.67 Å². The topological polar surface area (TPSA) is 63.1 Å². The Hall–Kier alpha value is -2.21. The largest absolute Gasteiger partial charge is 0.336 e. The summed E-state index contributed by atoms with van der Waals surface area (Å²) in [7, 11) is 0. The van der Waals surface area contributed by atoms with Crippen LogP contribution in [0.2, 0.25) is 0 Å². The van der Waals surface area contributed by atoms with E-state index in [4.69, 9.17) is 0 Å². The van der Waals surface area contributed by atoms with Crippen LogP contribution in [-0.2, 0) is 6.54 Å². The summed E-state index contributed by atoms with van der Waals surface area (Å²) in [5, 5.41) is 7.57. The molecule has 0 radical (unpaired) electrons. The lowest BCUT2D eigenvalue weighted by molar-refractivity contribution is 0.0672. The van der Waals surface area contributed by atoms with Crippen LogP contribution in [0.4, 0.5) is 0 Å². The minimum atomic E-state index is 0.0934. The first-order chi connectivity index (χ1) is 10.6. The number of piperazine rings is 1. The van der Waals surface area contributed by atoms with E-state index in [2.05, 4.69) is 29.2 Å². The molecule has 6 nitrogen and oxygen atoms in total. The first-order valence-electron chi connectivity index (χ1n) is 7.59. The SMILES string of the molecule is C[C@H]1CN(C(=O)c2ccccc2Cn2cncn2)C[C@H](C)N1. The van der Waals surface area contributed by atoms with Crippen molar-refractivity contribution in [1.29, 1.82) is 0 Å². The number of hydrogen-bond acceptors (Lipinski definition) is 4. The zero-order valence-corrected chi connectivity index (χ0v) is 12.9. The molecular formula is C16H21N5O. The van der Waals surface area contributed by atoms with E-state index >= 15 is 0 Å². The van der Waals surface area contributed by atoms with E-state index in [-0.39, 0.29) is 5.91 Å². The molecule has 6 heteroatoms. The van der Waals surface area contributed by atoms with Crippen LogP contribution in [0.1, 0.15) is 29.8 Å². The second-order valence-electron chi connectivity index (χ2n) is 5.93. The number of aromatic nitrogens is 3. The van der Waals surface area contributed by atoms with Crippen LogP contribution >= 0.6 is 0 Å². The van der Waals surface area contributed by atoms with Crippen molar-refractivity contribution < 1.29 is 4.79 Å². The van der Waals surface area contributed by atoms with E-state index in [1.807, 2.05) is 29.2 Å². The molecule has 0 bridgehead atoms. The van der Waals surface area contributed by atoms with Crippen molar-refractivity contribution in [2.24, 2.45) is 0 Å². The van der Waals surface area contributed by atoms with Crippen molar-refractivity contribution in [3.05, 3.63) is 48.0 Å². The fourth-order valence-electron chi connectivity index (χ4n) is 3.02. The van der Waals surface area contributed by atoms with Crippen molar-refractivity contribution >= 4 is 5.91 Å². The molecule has 22 heavy (non-hydrogen) atoms. The lowest BCUT2D eigenvalue weighted by atomic mass is 10.0. The third-order valence-electron chi connectivity index (χ3n) is 3.89. The Morgan fingerprint density at radius 2 is 2.00 bits per heavy atom. The molecule has 0 aliphatic carbocycles. The Kier molecular flexibility index (Phi) is 4.20. The first-order valence-corrected chi connectivity index (χ1v) is 7.59. The van der Waals surface area contributed by atoms with Gasteiger partial charge in [0.05, 0.1) is 6.54 Å². The summed E-state index contributed by atoms with van der Waals surface area (Å²) >= 11 is 0. The van der Waals surface area contributed by atoms with Crippen LogP contribution in [0.3, 0.4) is 0 Å². The van der Waals surface area contributed by atoms with Gasteiger partial charge >= 0.3 is 0 Å². The number of hydrogen-bond donors (Lipinski definition) is 1. The van der Waals surface area contributed by atoms with E-state index < -0.39 is 0 Å². The molecule has 1 saturated heterocycles. The number of benzene rings is 1. The quantitative estimate of drug-likeness (QED) is 0.923. The van der Waals surface area contributed by atoms with Crippen molar-refractivity contribution in [1.82, 2.24) is 25.0 Å². The molecule has 1 N–H and O–H groups in total. The molecule has 116 valence electrons. The molecular weight excluding hydrogens is 278 g/mol. The van der Waals surface area contributed by atoms with Crippen molar-refractivity contribution in [2.75, 3.05) is 13.1 Å².